The summed E-state index contributed by atoms with van der Waals surface area (Å²) in [5, 5.41) is 2.47. The van der Waals surface area contributed by atoms with Crippen molar-refractivity contribution >= 4 is 35.0 Å². The number of likely N-dealkylation sites (N-methyl/N-ethyl adjacent to an activating group) is 2. The molecule has 0 radical (unpaired) electrons. The molecule has 1 fully saturated rings. The number of halogens is 1. The monoisotopic (exact) mass is 493 g/mol. The molecule has 0 atom stereocenters. The predicted molar refractivity (Wildman–Crippen MR) is 136 cm³/mol. The van der Waals surface area contributed by atoms with Crippen LogP contribution in [-0.4, -0.2) is 78.3 Å². The number of nitrogens with zero attached hydrogens (tertiary/aromatic N) is 4. The smallest absolute Gasteiger partial charge is 0.409 e. The average molecular weight is 494 g/mol. The van der Waals surface area contributed by atoms with Crippen LogP contribution in [0.4, 0.5) is 9.18 Å². The number of hydrogen-bond acceptors (Lipinski definition) is 7. The van der Waals surface area contributed by atoms with Gasteiger partial charge in [-0.1, -0.05) is 27.7 Å². The standard InChI is InChI=1S/C22H30FN5O3S.C2H6/c1-4-27(5-2)13-12-26(3)22(30)31-18-15-17(23)9-8-16(18)14-19-20(29)25-21(32-19)28-11-7-6-10-24-28;1-2/h8-9,14-15,24H,4-7,10-13H2,1-3H3;1-2H3/b19-14+;. The maximum absolute atomic E-state index is 13.9. The topological polar surface area (TPSA) is 77.5 Å². The van der Waals surface area contributed by atoms with Crippen LogP contribution in [0.2, 0.25) is 0 Å². The molecular weight excluding hydrogens is 457 g/mol. The molecule has 3 rings (SSSR count). The second-order valence-corrected chi connectivity index (χ2v) is 8.58. The van der Waals surface area contributed by atoms with E-state index in [9.17, 15) is 14.0 Å². The van der Waals surface area contributed by atoms with Gasteiger partial charge in [-0.15, -0.1) is 0 Å². The van der Waals surface area contributed by atoms with Crippen LogP contribution in [0.15, 0.2) is 28.1 Å². The largest absolute Gasteiger partial charge is 0.415 e. The lowest BCUT2D eigenvalue weighted by molar-refractivity contribution is -0.113. The van der Waals surface area contributed by atoms with E-state index in [1.807, 2.05) is 18.9 Å². The van der Waals surface area contributed by atoms with Gasteiger partial charge in [0.1, 0.15) is 11.6 Å². The Morgan fingerprint density at radius 3 is 2.65 bits per heavy atom. The first-order valence-corrected chi connectivity index (χ1v) is 12.7. The fourth-order valence-electron chi connectivity index (χ4n) is 3.32. The third-order valence-corrected chi connectivity index (χ3v) is 6.38. The molecule has 1 saturated heterocycles. The molecule has 1 aromatic carbocycles. The SMILES string of the molecule is CC.CCN(CC)CCN(C)C(=O)Oc1cc(F)ccc1/C=C1/SC(N2CCCCN2)=NC1=O. The van der Waals surface area contributed by atoms with E-state index in [1.54, 1.807) is 13.1 Å². The lowest BCUT2D eigenvalue weighted by Gasteiger charge is -2.28. The van der Waals surface area contributed by atoms with Gasteiger partial charge >= 0.3 is 6.09 Å². The minimum atomic E-state index is -0.581. The Hall–Kier alpha value is -2.43. The minimum Gasteiger partial charge on any atom is -0.409 e. The van der Waals surface area contributed by atoms with Crippen molar-refractivity contribution in [2.24, 2.45) is 4.99 Å². The molecular formula is C24H36FN5O3S. The Morgan fingerprint density at radius 1 is 1.26 bits per heavy atom. The number of nitrogens with one attached hydrogen (secondary N) is 1. The fraction of sp³-hybridized carbons (Fsp3) is 0.542. The van der Waals surface area contributed by atoms with E-state index in [4.69, 9.17) is 4.74 Å². The molecule has 0 aromatic heterocycles. The van der Waals surface area contributed by atoms with Crippen LogP contribution in [0, 0.1) is 5.82 Å². The Labute approximate surface area is 206 Å². The zero-order valence-electron chi connectivity index (χ0n) is 20.8. The Morgan fingerprint density at radius 2 is 2.00 bits per heavy atom. The molecule has 188 valence electrons. The van der Waals surface area contributed by atoms with Crippen molar-refractivity contribution in [3.8, 4) is 5.75 Å². The van der Waals surface area contributed by atoms with E-state index < -0.39 is 11.9 Å². The Bertz CT molecular complexity index is 899. The van der Waals surface area contributed by atoms with Crippen molar-refractivity contribution in [2.45, 2.75) is 40.5 Å². The Kier molecular flexibility index (Phi) is 11.5. The highest BCUT2D eigenvalue weighted by Crippen LogP contribution is 2.33. The van der Waals surface area contributed by atoms with Crippen molar-refractivity contribution in [2.75, 3.05) is 46.3 Å². The fourth-order valence-corrected chi connectivity index (χ4v) is 4.23. The third kappa shape index (κ3) is 7.82. The molecule has 1 aromatic rings. The summed E-state index contributed by atoms with van der Waals surface area (Å²) in [6.45, 7) is 12.7. The molecule has 2 aliphatic rings. The first-order chi connectivity index (χ1) is 16.4. The number of amidine groups is 1. The minimum absolute atomic E-state index is 0.0649. The molecule has 10 heteroatoms. The molecule has 0 spiro atoms. The molecule has 0 bridgehead atoms. The summed E-state index contributed by atoms with van der Waals surface area (Å²) in [6, 6.07) is 3.91. The molecule has 2 aliphatic heterocycles. The first-order valence-electron chi connectivity index (χ1n) is 11.9. The number of carbonyl (C=O) groups is 2. The van der Waals surface area contributed by atoms with Gasteiger partial charge < -0.3 is 14.5 Å². The summed E-state index contributed by atoms with van der Waals surface area (Å²) < 4.78 is 19.4. The van der Waals surface area contributed by atoms with E-state index in [0.29, 0.717) is 28.7 Å². The van der Waals surface area contributed by atoms with Crippen molar-refractivity contribution in [3.63, 3.8) is 0 Å². The second-order valence-electron chi connectivity index (χ2n) is 7.58. The van der Waals surface area contributed by atoms with Crippen LogP contribution in [0.1, 0.15) is 46.1 Å². The molecule has 1 N–H and O–H groups in total. The summed E-state index contributed by atoms with van der Waals surface area (Å²) >= 11 is 1.25. The number of rotatable bonds is 7. The van der Waals surface area contributed by atoms with Gasteiger partial charge in [0.2, 0.25) is 0 Å². The van der Waals surface area contributed by atoms with Crippen LogP contribution in [0.5, 0.6) is 5.75 Å². The quantitative estimate of drug-likeness (QED) is 0.571. The van der Waals surface area contributed by atoms with Gasteiger partial charge in [-0.2, -0.15) is 4.99 Å². The molecule has 0 saturated carbocycles. The molecule has 0 aliphatic carbocycles. The number of carbonyl (C=O) groups excluding carboxylic acids is 2. The van der Waals surface area contributed by atoms with Gasteiger partial charge in [-0.05, 0) is 55.9 Å². The first kappa shape index (κ1) is 27.8. The highest BCUT2D eigenvalue weighted by molar-refractivity contribution is 8.18. The van der Waals surface area contributed by atoms with E-state index in [-0.39, 0.29) is 11.7 Å². The number of aliphatic imine (C=N–C) groups is 1. The summed E-state index contributed by atoms with van der Waals surface area (Å²) in [4.78, 5) is 33.1. The highest BCUT2D eigenvalue weighted by atomic mass is 32.2. The molecule has 8 nitrogen and oxygen atoms in total. The van der Waals surface area contributed by atoms with E-state index in [0.717, 1.165) is 45.1 Å². The number of amides is 2. The summed E-state index contributed by atoms with van der Waals surface area (Å²) in [6.07, 6.45) is 3.12. The normalized spacial score (nSPS) is 16.9. The molecule has 34 heavy (non-hydrogen) atoms. The summed E-state index contributed by atoms with van der Waals surface area (Å²) in [5.74, 6) is -0.828. The maximum atomic E-state index is 13.9. The van der Waals surface area contributed by atoms with Crippen LogP contribution in [0.3, 0.4) is 0 Å². The van der Waals surface area contributed by atoms with Gasteiger partial charge in [-0.25, -0.2) is 14.6 Å². The van der Waals surface area contributed by atoms with E-state index >= 15 is 0 Å². The highest BCUT2D eigenvalue weighted by Gasteiger charge is 2.27. The van der Waals surface area contributed by atoms with Crippen LogP contribution in [0.25, 0.3) is 6.08 Å². The zero-order valence-corrected chi connectivity index (χ0v) is 21.6. The zero-order chi connectivity index (χ0) is 25.1. The number of ether oxygens (including phenoxy) is 1. The third-order valence-electron chi connectivity index (χ3n) is 5.37. The lowest BCUT2D eigenvalue weighted by Crippen LogP contribution is -2.45. The van der Waals surface area contributed by atoms with E-state index in [2.05, 4.69) is 29.2 Å². The van der Waals surface area contributed by atoms with Crippen molar-refractivity contribution in [1.29, 1.82) is 0 Å². The van der Waals surface area contributed by atoms with Gasteiger partial charge in [0, 0.05) is 44.9 Å². The molecule has 0 unspecified atom stereocenters. The van der Waals surface area contributed by atoms with Crippen molar-refractivity contribution < 1.29 is 18.7 Å². The van der Waals surface area contributed by atoms with Gasteiger partial charge in [0.15, 0.2) is 5.17 Å². The van der Waals surface area contributed by atoms with Gasteiger partial charge in [0.25, 0.3) is 5.91 Å². The predicted octanol–water partition coefficient (Wildman–Crippen LogP) is 4.20. The van der Waals surface area contributed by atoms with Gasteiger partial charge in [-0.3, -0.25) is 9.80 Å². The number of hydrogen-bond donors (Lipinski definition) is 1. The molecule has 2 heterocycles. The average Bonchev–Trinajstić information content (AvgIpc) is 3.23. The van der Waals surface area contributed by atoms with Crippen LogP contribution >= 0.6 is 11.8 Å². The van der Waals surface area contributed by atoms with Gasteiger partial charge in [0.05, 0.1) is 4.91 Å². The van der Waals surface area contributed by atoms with Crippen LogP contribution < -0.4 is 10.2 Å². The second kappa shape index (κ2) is 14.1. The van der Waals surface area contributed by atoms with Crippen molar-refractivity contribution in [1.82, 2.24) is 20.2 Å². The number of hydrazine groups is 1. The van der Waals surface area contributed by atoms with Crippen LogP contribution in [-0.2, 0) is 4.79 Å². The number of benzene rings is 1. The Balaban J connectivity index is 0.00000199. The number of thioether (sulfide) groups is 1. The summed E-state index contributed by atoms with van der Waals surface area (Å²) in [5.41, 5.74) is 3.67. The van der Waals surface area contributed by atoms with E-state index in [1.165, 1.54) is 28.8 Å². The lowest BCUT2D eigenvalue weighted by atomic mass is 10.2. The summed E-state index contributed by atoms with van der Waals surface area (Å²) in [7, 11) is 1.64. The molecule has 2 amide bonds. The van der Waals surface area contributed by atoms with Crippen molar-refractivity contribution in [3.05, 3.63) is 34.5 Å². The maximum Gasteiger partial charge on any atom is 0.415 e.